The van der Waals surface area contributed by atoms with Crippen molar-refractivity contribution in [2.75, 3.05) is 13.2 Å². The number of unbranched alkanes of at least 4 members (excludes halogenated alkanes) is 3. The third kappa shape index (κ3) is 7.86. The second kappa shape index (κ2) is 13.4. The molecule has 0 aliphatic heterocycles. The largest absolute Gasteiger partial charge is 0.494 e. The number of hydrogen-bond acceptors (Lipinski definition) is 6. The summed E-state index contributed by atoms with van der Waals surface area (Å²) in [7, 11) is 0. The first-order valence-corrected chi connectivity index (χ1v) is 11.4. The van der Waals surface area contributed by atoms with Crippen LogP contribution < -0.4 is 9.47 Å². The first-order chi connectivity index (χ1) is 17.1. The topological polar surface area (TPSA) is 85.6 Å². The molecule has 0 aliphatic rings. The SMILES string of the molecule is C=CC(=O)OCCCCCCOc1ccc(-c2ccc(C(=O)Oc3ccccc3C#N)cc2)cc1. The lowest BCUT2D eigenvalue weighted by molar-refractivity contribution is -0.137. The first kappa shape index (κ1) is 25.3. The van der Waals surface area contributed by atoms with Gasteiger partial charge in [0, 0.05) is 6.08 Å². The van der Waals surface area contributed by atoms with E-state index >= 15 is 0 Å². The quantitative estimate of drug-likeness (QED) is 0.138. The van der Waals surface area contributed by atoms with E-state index in [0.717, 1.165) is 42.6 Å². The minimum atomic E-state index is -0.513. The second-order valence-corrected chi connectivity index (χ2v) is 7.73. The molecule has 0 unspecified atom stereocenters. The number of nitriles is 1. The van der Waals surface area contributed by atoms with Gasteiger partial charge >= 0.3 is 11.9 Å². The summed E-state index contributed by atoms with van der Waals surface area (Å²) < 4.78 is 16.1. The monoisotopic (exact) mass is 469 g/mol. The van der Waals surface area contributed by atoms with Crippen LogP contribution in [0.15, 0.2) is 85.5 Å². The third-order valence-corrected chi connectivity index (χ3v) is 5.24. The molecule has 0 bridgehead atoms. The number of carbonyl (C=O) groups excluding carboxylic acids is 2. The maximum absolute atomic E-state index is 12.4. The van der Waals surface area contributed by atoms with E-state index in [0.29, 0.717) is 24.3 Å². The van der Waals surface area contributed by atoms with E-state index in [4.69, 9.17) is 19.5 Å². The van der Waals surface area contributed by atoms with Crippen LogP contribution in [0.25, 0.3) is 11.1 Å². The van der Waals surface area contributed by atoms with Crippen LogP contribution in [0.1, 0.15) is 41.6 Å². The normalized spacial score (nSPS) is 10.1. The molecule has 0 amide bonds. The van der Waals surface area contributed by atoms with E-state index < -0.39 is 5.97 Å². The summed E-state index contributed by atoms with van der Waals surface area (Å²) in [4.78, 5) is 23.4. The zero-order chi connectivity index (χ0) is 24.9. The average molecular weight is 470 g/mol. The van der Waals surface area contributed by atoms with Crippen molar-refractivity contribution in [2.45, 2.75) is 25.7 Å². The van der Waals surface area contributed by atoms with Gasteiger partial charge in [0.25, 0.3) is 0 Å². The van der Waals surface area contributed by atoms with Crippen LogP contribution in [0.5, 0.6) is 11.5 Å². The fraction of sp³-hybridized carbons (Fsp3) is 0.207. The molecule has 3 aromatic carbocycles. The maximum atomic E-state index is 12.4. The van der Waals surface area contributed by atoms with E-state index in [2.05, 4.69) is 6.58 Å². The van der Waals surface area contributed by atoms with Crippen molar-refractivity contribution in [1.29, 1.82) is 5.26 Å². The Bertz CT molecular complexity index is 1180. The molecule has 0 fully saturated rings. The second-order valence-electron chi connectivity index (χ2n) is 7.73. The highest BCUT2D eigenvalue weighted by Gasteiger charge is 2.11. The lowest BCUT2D eigenvalue weighted by atomic mass is 10.0. The lowest BCUT2D eigenvalue weighted by Crippen LogP contribution is -2.09. The summed E-state index contributed by atoms with van der Waals surface area (Å²) in [5.74, 6) is 0.146. The molecule has 0 N–H and O–H groups in total. The molecular formula is C29H27NO5. The molecule has 35 heavy (non-hydrogen) atoms. The van der Waals surface area contributed by atoms with Crippen LogP contribution >= 0.6 is 0 Å². The first-order valence-electron chi connectivity index (χ1n) is 11.4. The van der Waals surface area contributed by atoms with Gasteiger partial charge in [-0.15, -0.1) is 0 Å². The van der Waals surface area contributed by atoms with Crippen LogP contribution in [-0.2, 0) is 9.53 Å². The van der Waals surface area contributed by atoms with Crippen molar-refractivity contribution >= 4 is 11.9 Å². The Kier molecular flexibility index (Phi) is 9.64. The zero-order valence-corrected chi connectivity index (χ0v) is 19.4. The molecule has 0 radical (unpaired) electrons. The Morgan fingerprint density at radius 3 is 2.11 bits per heavy atom. The molecule has 0 aliphatic carbocycles. The summed E-state index contributed by atoms with van der Waals surface area (Å²) in [6.45, 7) is 4.41. The average Bonchev–Trinajstić information content (AvgIpc) is 2.90. The molecule has 0 saturated carbocycles. The number of ether oxygens (including phenoxy) is 3. The van der Waals surface area contributed by atoms with Crippen LogP contribution in [-0.4, -0.2) is 25.2 Å². The van der Waals surface area contributed by atoms with E-state index in [1.807, 2.05) is 42.5 Å². The number of esters is 2. The Hall–Kier alpha value is -4.37. The Morgan fingerprint density at radius 2 is 1.46 bits per heavy atom. The van der Waals surface area contributed by atoms with Gasteiger partial charge in [0.05, 0.1) is 24.3 Å². The molecule has 6 nitrogen and oxygen atoms in total. The molecule has 0 saturated heterocycles. The lowest BCUT2D eigenvalue weighted by Gasteiger charge is -2.09. The fourth-order valence-electron chi connectivity index (χ4n) is 3.33. The van der Waals surface area contributed by atoms with Crippen molar-refractivity contribution in [3.05, 3.63) is 96.6 Å². The van der Waals surface area contributed by atoms with E-state index in [9.17, 15) is 9.59 Å². The van der Waals surface area contributed by atoms with Crippen LogP contribution in [0, 0.1) is 11.3 Å². The Morgan fingerprint density at radius 1 is 0.829 bits per heavy atom. The van der Waals surface area contributed by atoms with Crippen LogP contribution in [0.4, 0.5) is 0 Å². The minimum Gasteiger partial charge on any atom is -0.494 e. The fourth-order valence-corrected chi connectivity index (χ4v) is 3.33. The molecule has 3 rings (SSSR count). The highest BCUT2D eigenvalue weighted by atomic mass is 16.5. The number of benzene rings is 3. The number of para-hydroxylation sites is 1. The van der Waals surface area contributed by atoms with Gasteiger partial charge in [-0.1, -0.05) is 43.0 Å². The van der Waals surface area contributed by atoms with Crippen molar-refractivity contribution in [3.63, 3.8) is 0 Å². The minimum absolute atomic E-state index is 0.244. The van der Waals surface area contributed by atoms with Crippen molar-refractivity contribution in [2.24, 2.45) is 0 Å². The van der Waals surface area contributed by atoms with Gasteiger partial charge in [-0.2, -0.15) is 5.26 Å². The van der Waals surface area contributed by atoms with Gasteiger partial charge < -0.3 is 14.2 Å². The standard InChI is InChI=1S/C29H27NO5/c1-2-28(31)34-20-8-4-3-7-19-33-26-17-15-23(16-18-26)22-11-13-24(14-12-22)29(32)35-27-10-6-5-9-25(27)21-30/h2,5-6,9-18H,1,3-4,7-8,19-20H2. The molecule has 0 atom stereocenters. The van der Waals surface area contributed by atoms with Crippen molar-refractivity contribution in [1.82, 2.24) is 0 Å². The Balaban J connectivity index is 1.44. The highest BCUT2D eigenvalue weighted by molar-refractivity contribution is 5.92. The predicted octanol–water partition coefficient (Wildman–Crippen LogP) is 6.11. The van der Waals surface area contributed by atoms with Gasteiger partial charge in [0.15, 0.2) is 0 Å². The van der Waals surface area contributed by atoms with E-state index in [-0.39, 0.29) is 11.7 Å². The van der Waals surface area contributed by atoms with Gasteiger partial charge in [-0.3, -0.25) is 0 Å². The predicted molar refractivity (Wildman–Crippen MR) is 133 cm³/mol. The van der Waals surface area contributed by atoms with Crippen LogP contribution in [0.3, 0.4) is 0 Å². The van der Waals surface area contributed by atoms with Gasteiger partial charge in [-0.25, -0.2) is 9.59 Å². The smallest absolute Gasteiger partial charge is 0.343 e. The molecule has 0 spiro atoms. The van der Waals surface area contributed by atoms with Gasteiger partial charge in [0.2, 0.25) is 0 Å². The number of carbonyl (C=O) groups is 2. The summed E-state index contributed by atoms with van der Waals surface area (Å²) in [5, 5.41) is 9.14. The summed E-state index contributed by atoms with van der Waals surface area (Å²) in [6.07, 6.45) is 4.90. The van der Waals surface area contributed by atoms with Gasteiger partial charge in [-0.05, 0) is 73.2 Å². The molecule has 3 aromatic rings. The van der Waals surface area contributed by atoms with Gasteiger partial charge in [0.1, 0.15) is 17.6 Å². The third-order valence-electron chi connectivity index (χ3n) is 5.24. The molecule has 178 valence electrons. The van der Waals surface area contributed by atoms with E-state index in [1.165, 1.54) is 6.08 Å². The highest BCUT2D eigenvalue weighted by Crippen LogP contribution is 2.24. The number of nitrogens with zero attached hydrogens (tertiary/aromatic N) is 1. The summed E-state index contributed by atoms with van der Waals surface area (Å²) in [6, 6.07) is 23.6. The summed E-state index contributed by atoms with van der Waals surface area (Å²) in [5.41, 5.74) is 2.68. The molecular weight excluding hydrogens is 442 g/mol. The molecule has 6 heteroatoms. The number of rotatable bonds is 12. The summed E-state index contributed by atoms with van der Waals surface area (Å²) >= 11 is 0. The zero-order valence-electron chi connectivity index (χ0n) is 19.4. The molecule has 0 heterocycles. The maximum Gasteiger partial charge on any atom is 0.343 e. The Labute approximate surface area is 205 Å². The van der Waals surface area contributed by atoms with Crippen molar-refractivity contribution in [3.8, 4) is 28.7 Å². The van der Waals surface area contributed by atoms with E-state index in [1.54, 1.807) is 36.4 Å². The number of hydrogen-bond donors (Lipinski definition) is 0. The van der Waals surface area contributed by atoms with Crippen LogP contribution in [0.2, 0.25) is 0 Å². The van der Waals surface area contributed by atoms with Crippen molar-refractivity contribution < 1.29 is 23.8 Å². The molecule has 0 aromatic heterocycles.